The molecule has 0 spiro atoms. The van der Waals surface area contributed by atoms with E-state index >= 15 is 0 Å². The topological polar surface area (TPSA) is 89.2 Å². The van der Waals surface area contributed by atoms with Gasteiger partial charge in [0.15, 0.2) is 0 Å². The van der Waals surface area contributed by atoms with Gasteiger partial charge in [0.25, 0.3) is 11.7 Å². The molecule has 1 aromatic heterocycles. The first-order valence-electron chi connectivity index (χ1n) is 9.62. The van der Waals surface area contributed by atoms with Crippen molar-refractivity contribution in [2.24, 2.45) is 0 Å². The predicted molar refractivity (Wildman–Crippen MR) is 113 cm³/mol. The maximum atomic E-state index is 13.0. The molecule has 1 aliphatic rings. The number of rotatable bonds is 6. The van der Waals surface area contributed by atoms with Gasteiger partial charge < -0.3 is 23.9 Å². The Morgan fingerprint density at radius 1 is 1.00 bits per heavy atom. The summed E-state index contributed by atoms with van der Waals surface area (Å²) in [6.45, 7) is 0.0822. The fraction of sp³-hybridized carbons (Fsp3) is 0.167. The number of Topliss-reactive ketones (excluding diaryl/α,β-unsaturated/α-hetero) is 1. The van der Waals surface area contributed by atoms with Crippen molar-refractivity contribution in [3.05, 3.63) is 89.4 Å². The summed E-state index contributed by atoms with van der Waals surface area (Å²) in [4.78, 5) is 27.4. The van der Waals surface area contributed by atoms with E-state index in [9.17, 15) is 14.7 Å². The molecule has 1 amide bonds. The number of hydrogen-bond acceptors (Lipinski definition) is 6. The van der Waals surface area contributed by atoms with Crippen LogP contribution >= 0.6 is 0 Å². The average Bonchev–Trinajstić information content (AvgIpc) is 3.41. The fourth-order valence-corrected chi connectivity index (χ4v) is 3.68. The molecule has 3 aromatic rings. The number of ether oxygens (including phenoxy) is 2. The van der Waals surface area contributed by atoms with E-state index in [1.54, 1.807) is 60.7 Å². The van der Waals surface area contributed by atoms with Crippen LogP contribution in [0.2, 0.25) is 0 Å². The quantitative estimate of drug-likeness (QED) is 0.370. The molecule has 2 heterocycles. The Hall–Kier alpha value is -4.00. The molecular weight excluding hydrogens is 398 g/mol. The molecule has 0 aliphatic carbocycles. The highest BCUT2D eigenvalue weighted by atomic mass is 16.5. The Labute approximate surface area is 179 Å². The third-order valence-electron chi connectivity index (χ3n) is 5.22. The summed E-state index contributed by atoms with van der Waals surface area (Å²) in [5, 5.41) is 11.1. The van der Waals surface area contributed by atoms with Gasteiger partial charge in [0.2, 0.25) is 0 Å². The molecule has 7 nitrogen and oxygen atoms in total. The molecule has 0 saturated carbocycles. The van der Waals surface area contributed by atoms with Gasteiger partial charge in [0, 0.05) is 5.56 Å². The van der Waals surface area contributed by atoms with Gasteiger partial charge in [0.05, 0.1) is 38.6 Å². The fourth-order valence-electron chi connectivity index (χ4n) is 3.68. The third-order valence-corrected chi connectivity index (χ3v) is 5.22. The molecule has 1 N–H and O–H groups in total. The number of carbonyl (C=O) groups excluding carboxylic acids is 2. The minimum absolute atomic E-state index is 0.00924. The Morgan fingerprint density at radius 3 is 2.39 bits per heavy atom. The van der Waals surface area contributed by atoms with Crippen molar-refractivity contribution in [1.29, 1.82) is 0 Å². The van der Waals surface area contributed by atoms with Crippen LogP contribution in [0, 0.1) is 0 Å². The molecule has 2 aromatic carbocycles. The Morgan fingerprint density at radius 2 is 1.74 bits per heavy atom. The van der Waals surface area contributed by atoms with Crippen molar-refractivity contribution in [2.45, 2.75) is 12.6 Å². The van der Waals surface area contributed by atoms with Crippen LogP contribution in [0.4, 0.5) is 0 Å². The molecular formula is C24H21NO6. The van der Waals surface area contributed by atoms with E-state index < -0.39 is 17.7 Å². The van der Waals surface area contributed by atoms with Crippen LogP contribution in [0.5, 0.6) is 11.5 Å². The average molecular weight is 419 g/mol. The molecule has 0 radical (unpaired) electrons. The second-order valence-corrected chi connectivity index (χ2v) is 7.01. The second kappa shape index (κ2) is 8.39. The first kappa shape index (κ1) is 20.3. The highest BCUT2D eigenvalue weighted by Crippen LogP contribution is 2.41. The van der Waals surface area contributed by atoms with Crippen LogP contribution < -0.4 is 9.47 Å². The monoisotopic (exact) mass is 419 g/mol. The number of aliphatic hydroxyl groups excluding tert-OH is 1. The zero-order valence-electron chi connectivity index (χ0n) is 17.1. The summed E-state index contributed by atoms with van der Waals surface area (Å²) in [7, 11) is 3.08. The summed E-state index contributed by atoms with van der Waals surface area (Å²) in [6.07, 6.45) is 1.50. The number of methoxy groups -OCH3 is 2. The van der Waals surface area contributed by atoms with Gasteiger partial charge in [-0.15, -0.1) is 0 Å². The van der Waals surface area contributed by atoms with E-state index in [-0.39, 0.29) is 17.9 Å². The Bertz CT molecular complexity index is 1130. The number of ketones is 1. The maximum absolute atomic E-state index is 13.0. The normalized spacial score (nSPS) is 17.7. The van der Waals surface area contributed by atoms with Gasteiger partial charge in [-0.25, -0.2) is 0 Å². The molecule has 1 aliphatic heterocycles. The van der Waals surface area contributed by atoms with E-state index in [0.717, 1.165) is 0 Å². The Balaban J connectivity index is 1.86. The van der Waals surface area contributed by atoms with Gasteiger partial charge in [-0.2, -0.15) is 0 Å². The van der Waals surface area contributed by atoms with Crippen molar-refractivity contribution < 1.29 is 28.6 Å². The summed E-state index contributed by atoms with van der Waals surface area (Å²) < 4.78 is 15.9. The summed E-state index contributed by atoms with van der Waals surface area (Å²) in [5.41, 5.74) is 1.06. The van der Waals surface area contributed by atoms with Crippen LogP contribution in [0.25, 0.3) is 5.76 Å². The number of hydrogen-bond donors (Lipinski definition) is 1. The zero-order chi connectivity index (χ0) is 22.0. The van der Waals surface area contributed by atoms with E-state index in [1.165, 1.54) is 25.4 Å². The van der Waals surface area contributed by atoms with Gasteiger partial charge in [-0.3, -0.25) is 9.59 Å². The lowest BCUT2D eigenvalue weighted by Crippen LogP contribution is -2.29. The van der Waals surface area contributed by atoms with Crippen molar-refractivity contribution in [1.82, 2.24) is 4.90 Å². The summed E-state index contributed by atoms with van der Waals surface area (Å²) in [6, 6.07) is 16.3. The third kappa shape index (κ3) is 3.77. The molecule has 1 fully saturated rings. The summed E-state index contributed by atoms with van der Waals surface area (Å²) in [5.74, 6) is -0.00771. The zero-order valence-corrected chi connectivity index (χ0v) is 17.1. The second-order valence-electron chi connectivity index (χ2n) is 7.01. The molecule has 31 heavy (non-hydrogen) atoms. The Kier molecular flexibility index (Phi) is 5.49. The molecule has 7 heteroatoms. The number of benzene rings is 2. The lowest BCUT2D eigenvalue weighted by molar-refractivity contribution is -0.140. The van der Waals surface area contributed by atoms with E-state index in [0.29, 0.717) is 28.4 Å². The number of carbonyl (C=O) groups is 2. The number of furan rings is 1. The van der Waals surface area contributed by atoms with Gasteiger partial charge in [-0.1, -0.05) is 12.1 Å². The van der Waals surface area contributed by atoms with Gasteiger partial charge >= 0.3 is 0 Å². The minimum Gasteiger partial charge on any atom is -0.507 e. The molecule has 158 valence electrons. The number of likely N-dealkylation sites (tertiary alicyclic amines) is 1. The highest BCUT2D eigenvalue weighted by Gasteiger charge is 2.46. The van der Waals surface area contributed by atoms with Crippen molar-refractivity contribution in [3.63, 3.8) is 0 Å². The predicted octanol–water partition coefficient (Wildman–Crippen LogP) is 3.92. The first-order chi connectivity index (χ1) is 15.0. The van der Waals surface area contributed by atoms with Crippen LogP contribution in [0.1, 0.15) is 22.9 Å². The van der Waals surface area contributed by atoms with Gasteiger partial charge in [0.1, 0.15) is 23.0 Å². The maximum Gasteiger partial charge on any atom is 0.296 e. The van der Waals surface area contributed by atoms with Crippen molar-refractivity contribution in [2.75, 3.05) is 14.2 Å². The highest BCUT2D eigenvalue weighted by molar-refractivity contribution is 6.46. The minimum atomic E-state index is -0.803. The number of nitrogens with zero attached hydrogens (tertiary/aromatic N) is 1. The molecule has 4 rings (SSSR count). The number of amides is 1. The first-order valence-corrected chi connectivity index (χ1v) is 9.62. The lowest BCUT2D eigenvalue weighted by atomic mass is 9.95. The largest absolute Gasteiger partial charge is 0.507 e. The molecule has 1 atom stereocenters. The number of aliphatic hydroxyl groups is 1. The van der Waals surface area contributed by atoms with E-state index in [1.807, 2.05) is 0 Å². The SMILES string of the molecule is COc1ccc(/C(O)=C2/C(=O)C(=O)N(Cc3ccco3)C2c2cccc(OC)c2)cc1. The molecule has 1 unspecified atom stereocenters. The lowest BCUT2D eigenvalue weighted by Gasteiger charge is -2.24. The van der Waals surface area contributed by atoms with Gasteiger partial charge in [-0.05, 0) is 54.1 Å². The standard InChI is InChI=1S/C24H21NO6/c1-29-17-10-8-15(9-11-17)22(26)20-21(16-5-3-6-18(13-16)30-2)25(24(28)23(20)27)14-19-7-4-12-31-19/h3-13,21,26H,14H2,1-2H3/b22-20-. The van der Waals surface area contributed by atoms with E-state index in [4.69, 9.17) is 13.9 Å². The molecule has 0 bridgehead atoms. The van der Waals surface area contributed by atoms with Crippen LogP contribution in [-0.2, 0) is 16.1 Å². The van der Waals surface area contributed by atoms with E-state index in [2.05, 4.69) is 0 Å². The van der Waals surface area contributed by atoms with Crippen molar-refractivity contribution in [3.8, 4) is 11.5 Å². The van der Waals surface area contributed by atoms with Crippen molar-refractivity contribution >= 4 is 17.4 Å². The van der Waals surface area contributed by atoms with Crippen LogP contribution in [-0.4, -0.2) is 35.9 Å². The van der Waals surface area contributed by atoms with Crippen LogP contribution in [0.3, 0.4) is 0 Å². The smallest absolute Gasteiger partial charge is 0.296 e. The summed E-state index contributed by atoms with van der Waals surface area (Å²) >= 11 is 0. The van der Waals surface area contributed by atoms with Crippen LogP contribution in [0.15, 0.2) is 76.9 Å². The molecule has 1 saturated heterocycles.